The summed E-state index contributed by atoms with van der Waals surface area (Å²) in [5, 5.41) is 20.5. The molecule has 0 aliphatic heterocycles. The molecule has 0 aromatic heterocycles. The molecule has 0 heterocycles. The summed E-state index contributed by atoms with van der Waals surface area (Å²) in [7, 11) is 1.50. The second-order valence-corrected chi connectivity index (χ2v) is 6.30. The summed E-state index contributed by atoms with van der Waals surface area (Å²) in [6.07, 6.45) is 1.62. The van der Waals surface area contributed by atoms with Crippen LogP contribution in [0, 0.1) is 27.3 Å². The van der Waals surface area contributed by atoms with E-state index >= 15 is 0 Å². The lowest BCUT2D eigenvalue weighted by molar-refractivity contribution is -0.384. The molecule has 3 rings (SSSR count). The molecule has 0 bridgehead atoms. The van der Waals surface area contributed by atoms with Gasteiger partial charge in [0.05, 0.1) is 23.7 Å². The lowest BCUT2D eigenvalue weighted by Gasteiger charge is -2.11. The van der Waals surface area contributed by atoms with Gasteiger partial charge in [0.15, 0.2) is 11.5 Å². The second kappa shape index (κ2) is 9.34. The Morgan fingerprint density at radius 2 is 1.90 bits per heavy atom. The standard InChI is InChI=1S/C23H17FN2O4/c1-29-23-12-17(7-10-22(23)30-15-16-5-8-20(24)9-6-16)11-19(14-25)18-3-2-4-21(13-18)26(27)28/h2-13H,15H2,1H3/b19-11-. The summed E-state index contributed by atoms with van der Waals surface area (Å²) in [5.41, 5.74) is 2.11. The molecule has 0 N–H and O–H groups in total. The molecule has 150 valence electrons. The van der Waals surface area contributed by atoms with Gasteiger partial charge in [0.2, 0.25) is 0 Å². The Morgan fingerprint density at radius 3 is 2.57 bits per heavy atom. The first-order valence-electron chi connectivity index (χ1n) is 8.92. The summed E-state index contributed by atoms with van der Waals surface area (Å²) in [4.78, 5) is 10.5. The van der Waals surface area contributed by atoms with E-state index in [1.165, 1.54) is 37.4 Å². The molecule has 0 fully saturated rings. The number of rotatable bonds is 7. The Bertz CT molecular complexity index is 1130. The maximum absolute atomic E-state index is 13.0. The van der Waals surface area contributed by atoms with E-state index in [2.05, 4.69) is 6.07 Å². The van der Waals surface area contributed by atoms with E-state index in [0.717, 1.165) is 5.56 Å². The van der Waals surface area contributed by atoms with Gasteiger partial charge in [0, 0.05) is 12.1 Å². The number of methoxy groups -OCH3 is 1. The summed E-state index contributed by atoms with van der Waals surface area (Å²) in [5.74, 6) is 0.638. The number of non-ortho nitro benzene ring substituents is 1. The maximum Gasteiger partial charge on any atom is 0.270 e. The monoisotopic (exact) mass is 404 g/mol. The predicted octanol–water partition coefficient (Wildman–Crippen LogP) is 5.39. The normalized spacial score (nSPS) is 10.9. The van der Waals surface area contributed by atoms with Gasteiger partial charge in [0.25, 0.3) is 5.69 Å². The van der Waals surface area contributed by atoms with Crippen molar-refractivity contribution in [2.75, 3.05) is 7.11 Å². The van der Waals surface area contributed by atoms with Crippen LogP contribution in [-0.2, 0) is 6.61 Å². The van der Waals surface area contributed by atoms with E-state index in [9.17, 15) is 19.8 Å². The van der Waals surface area contributed by atoms with Gasteiger partial charge < -0.3 is 9.47 Å². The van der Waals surface area contributed by atoms with Crippen LogP contribution in [0.2, 0.25) is 0 Å². The minimum absolute atomic E-state index is 0.0872. The molecule has 6 nitrogen and oxygen atoms in total. The summed E-state index contributed by atoms with van der Waals surface area (Å²) < 4.78 is 24.1. The van der Waals surface area contributed by atoms with Crippen LogP contribution in [0.3, 0.4) is 0 Å². The molecule has 0 radical (unpaired) electrons. The zero-order chi connectivity index (χ0) is 21.5. The first kappa shape index (κ1) is 20.6. The molecule has 0 aliphatic rings. The van der Waals surface area contributed by atoms with E-state index in [1.54, 1.807) is 42.5 Å². The van der Waals surface area contributed by atoms with Gasteiger partial charge in [-0.05, 0) is 47.0 Å². The van der Waals surface area contributed by atoms with Crippen molar-refractivity contribution in [3.8, 4) is 17.6 Å². The van der Waals surface area contributed by atoms with Crippen molar-refractivity contribution >= 4 is 17.3 Å². The van der Waals surface area contributed by atoms with Crippen LogP contribution >= 0.6 is 0 Å². The average molecular weight is 404 g/mol. The maximum atomic E-state index is 13.0. The minimum atomic E-state index is -0.505. The third-order valence-electron chi connectivity index (χ3n) is 4.29. The number of hydrogen-bond acceptors (Lipinski definition) is 5. The van der Waals surface area contributed by atoms with Crippen molar-refractivity contribution in [3.05, 3.63) is 99.4 Å². The SMILES string of the molecule is COc1cc(/C=C(/C#N)c2cccc([N+](=O)[O-])c2)ccc1OCc1ccc(F)cc1. The molecule has 0 saturated heterocycles. The Balaban J connectivity index is 1.84. The second-order valence-electron chi connectivity index (χ2n) is 6.30. The van der Waals surface area contributed by atoms with E-state index < -0.39 is 4.92 Å². The third-order valence-corrected chi connectivity index (χ3v) is 4.29. The highest BCUT2D eigenvalue weighted by Crippen LogP contribution is 2.31. The van der Waals surface area contributed by atoms with Gasteiger partial charge in [-0.1, -0.05) is 30.3 Å². The Kier molecular flexibility index (Phi) is 6.40. The van der Waals surface area contributed by atoms with Crippen molar-refractivity contribution in [1.82, 2.24) is 0 Å². The van der Waals surface area contributed by atoms with Crippen molar-refractivity contribution < 1.29 is 18.8 Å². The van der Waals surface area contributed by atoms with Crippen LogP contribution in [0.1, 0.15) is 16.7 Å². The summed E-state index contributed by atoms with van der Waals surface area (Å²) >= 11 is 0. The van der Waals surface area contributed by atoms with Gasteiger partial charge in [-0.2, -0.15) is 5.26 Å². The van der Waals surface area contributed by atoms with Crippen molar-refractivity contribution in [1.29, 1.82) is 5.26 Å². The molecule has 0 unspecified atom stereocenters. The largest absolute Gasteiger partial charge is 0.493 e. The van der Waals surface area contributed by atoms with Crippen LogP contribution in [0.4, 0.5) is 10.1 Å². The number of ether oxygens (including phenoxy) is 2. The quantitative estimate of drug-likeness (QED) is 0.228. The number of nitriles is 1. The molecule has 0 amide bonds. The fourth-order valence-corrected chi connectivity index (χ4v) is 2.77. The van der Waals surface area contributed by atoms with Gasteiger partial charge in [-0.25, -0.2) is 4.39 Å². The number of hydrogen-bond donors (Lipinski definition) is 0. The zero-order valence-corrected chi connectivity index (χ0v) is 16.0. The Morgan fingerprint density at radius 1 is 1.13 bits per heavy atom. The Labute approximate surface area is 172 Å². The number of nitro benzene ring substituents is 1. The van der Waals surface area contributed by atoms with Crippen LogP contribution in [-0.4, -0.2) is 12.0 Å². The molecule has 30 heavy (non-hydrogen) atoms. The molecule has 3 aromatic rings. The number of halogens is 1. The van der Waals surface area contributed by atoms with Crippen molar-refractivity contribution in [3.63, 3.8) is 0 Å². The lowest BCUT2D eigenvalue weighted by Crippen LogP contribution is -1.98. The molecule has 3 aromatic carbocycles. The van der Waals surface area contributed by atoms with Crippen LogP contribution in [0.25, 0.3) is 11.6 Å². The zero-order valence-electron chi connectivity index (χ0n) is 16.0. The molecular weight excluding hydrogens is 387 g/mol. The summed E-state index contributed by atoms with van der Waals surface area (Å²) in [6.45, 7) is 0.239. The number of allylic oxidation sites excluding steroid dienone is 1. The lowest BCUT2D eigenvalue weighted by atomic mass is 10.0. The highest BCUT2D eigenvalue weighted by atomic mass is 19.1. The fraction of sp³-hybridized carbons (Fsp3) is 0.0870. The van der Waals surface area contributed by atoms with E-state index in [0.29, 0.717) is 22.6 Å². The molecule has 0 atom stereocenters. The number of benzene rings is 3. The molecule has 0 saturated carbocycles. The molecule has 0 spiro atoms. The molecular formula is C23H17FN2O4. The minimum Gasteiger partial charge on any atom is -0.493 e. The van der Waals surface area contributed by atoms with Gasteiger partial charge in [0.1, 0.15) is 12.4 Å². The number of nitrogens with zero attached hydrogens (tertiary/aromatic N) is 2. The summed E-state index contributed by atoms with van der Waals surface area (Å²) in [6, 6.07) is 19.1. The van der Waals surface area contributed by atoms with E-state index in [4.69, 9.17) is 9.47 Å². The average Bonchev–Trinajstić information content (AvgIpc) is 2.77. The first-order valence-corrected chi connectivity index (χ1v) is 8.92. The van der Waals surface area contributed by atoms with Gasteiger partial charge in [-0.15, -0.1) is 0 Å². The molecule has 7 heteroatoms. The van der Waals surface area contributed by atoms with Crippen molar-refractivity contribution in [2.24, 2.45) is 0 Å². The van der Waals surface area contributed by atoms with Crippen molar-refractivity contribution in [2.45, 2.75) is 6.61 Å². The highest BCUT2D eigenvalue weighted by molar-refractivity contribution is 5.90. The third kappa shape index (κ3) is 5.00. The first-order chi connectivity index (χ1) is 14.5. The Hall–Kier alpha value is -4.18. The fourth-order valence-electron chi connectivity index (χ4n) is 2.77. The van der Waals surface area contributed by atoms with Crippen LogP contribution < -0.4 is 9.47 Å². The number of nitro groups is 1. The van der Waals surface area contributed by atoms with Gasteiger partial charge >= 0.3 is 0 Å². The topological polar surface area (TPSA) is 85.4 Å². The smallest absolute Gasteiger partial charge is 0.270 e. The molecule has 0 aliphatic carbocycles. The van der Waals surface area contributed by atoms with Crippen LogP contribution in [0.5, 0.6) is 11.5 Å². The van der Waals surface area contributed by atoms with E-state index in [-0.39, 0.29) is 23.7 Å². The van der Waals surface area contributed by atoms with E-state index in [1.807, 2.05) is 0 Å². The highest BCUT2D eigenvalue weighted by Gasteiger charge is 2.10. The predicted molar refractivity (Wildman–Crippen MR) is 110 cm³/mol. The van der Waals surface area contributed by atoms with Gasteiger partial charge in [-0.3, -0.25) is 10.1 Å². The van der Waals surface area contributed by atoms with Crippen LogP contribution in [0.15, 0.2) is 66.7 Å².